The maximum absolute atomic E-state index is 4.74. The van der Waals surface area contributed by atoms with E-state index >= 15 is 0 Å². The first-order valence-electron chi connectivity index (χ1n) is 7.00. The lowest BCUT2D eigenvalue weighted by Crippen LogP contribution is -2.09. The van der Waals surface area contributed by atoms with Crippen LogP contribution in [0.3, 0.4) is 0 Å². The van der Waals surface area contributed by atoms with Crippen molar-refractivity contribution in [2.75, 3.05) is 13.1 Å². The van der Waals surface area contributed by atoms with E-state index in [9.17, 15) is 0 Å². The van der Waals surface area contributed by atoms with Gasteiger partial charge in [0.15, 0.2) is 0 Å². The van der Waals surface area contributed by atoms with Crippen LogP contribution in [0, 0.1) is 20.8 Å². The van der Waals surface area contributed by atoms with Gasteiger partial charge < -0.3 is 5.32 Å². The summed E-state index contributed by atoms with van der Waals surface area (Å²) in [6.07, 6.45) is 1.22. The van der Waals surface area contributed by atoms with Crippen molar-refractivity contribution in [2.24, 2.45) is 0 Å². The molecule has 1 atom stereocenters. The molecule has 0 saturated carbocycles. The number of benzene rings is 1. The van der Waals surface area contributed by atoms with Crippen LogP contribution in [0.2, 0.25) is 0 Å². The summed E-state index contributed by atoms with van der Waals surface area (Å²) >= 11 is 0. The Hall–Kier alpha value is -1.61. The molecule has 1 fully saturated rings. The summed E-state index contributed by atoms with van der Waals surface area (Å²) in [5.74, 6) is 0.624. The maximum atomic E-state index is 4.74. The van der Waals surface area contributed by atoms with Crippen molar-refractivity contribution < 1.29 is 0 Å². The minimum absolute atomic E-state index is 0.624. The van der Waals surface area contributed by atoms with Crippen LogP contribution in [0.1, 0.15) is 34.9 Å². The summed E-state index contributed by atoms with van der Waals surface area (Å²) in [6.45, 7) is 8.64. The second-order valence-corrected chi connectivity index (χ2v) is 5.52. The van der Waals surface area contributed by atoms with E-state index in [1.165, 1.54) is 28.9 Å². The minimum atomic E-state index is 0.624. The van der Waals surface area contributed by atoms with E-state index in [4.69, 9.17) is 5.10 Å². The predicted molar refractivity (Wildman–Crippen MR) is 78.0 cm³/mol. The Morgan fingerprint density at radius 1 is 1.16 bits per heavy atom. The monoisotopic (exact) mass is 255 g/mol. The second-order valence-electron chi connectivity index (χ2n) is 5.52. The van der Waals surface area contributed by atoms with E-state index in [0.29, 0.717) is 5.92 Å². The molecule has 3 nitrogen and oxygen atoms in total. The van der Waals surface area contributed by atoms with Gasteiger partial charge in [0.05, 0.1) is 11.4 Å². The summed E-state index contributed by atoms with van der Waals surface area (Å²) < 4.78 is 2.09. The zero-order valence-electron chi connectivity index (χ0n) is 11.9. The van der Waals surface area contributed by atoms with Gasteiger partial charge in [-0.15, -0.1) is 0 Å². The molecule has 1 aliphatic heterocycles. The fourth-order valence-electron chi connectivity index (χ4n) is 3.08. The lowest BCUT2D eigenvalue weighted by atomic mass is 9.96. The Morgan fingerprint density at radius 3 is 2.53 bits per heavy atom. The molecular weight excluding hydrogens is 234 g/mol. The van der Waals surface area contributed by atoms with Crippen molar-refractivity contribution in [3.05, 3.63) is 46.8 Å². The van der Waals surface area contributed by atoms with Crippen LogP contribution < -0.4 is 5.32 Å². The van der Waals surface area contributed by atoms with Crippen molar-refractivity contribution in [3.63, 3.8) is 0 Å². The van der Waals surface area contributed by atoms with E-state index in [0.717, 1.165) is 18.8 Å². The summed E-state index contributed by atoms with van der Waals surface area (Å²) in [6, 6.07) is 8.57. The van der Waals surface area contributed by atoms with Crippen LogP contribution in [0.15, 0.2) is 24.3 Å². The first-order valence-corrected chi connectivity index (χ1v) is 7.00. The Labute approximate surface area is 114 Å². The Bertz CT molecular complexity index is 575. The third-order valence-electron chi connectivity index (χ3n) is 4.09. The quantitative estimate of drug-likeness (QED) is 0.894. The Kier molecular flexibility index (Phi) is 3.15. The second kappa shape index (κ2) is 4.82. The van der Waals surface area contributed by atoms with Gasteiger partial charge in [-0.05, 0) is 45.9 Å². The third kappa shape index (κ3) is 2.19. The largest absolute Gasteiger partial charge is 0.316 e. The molecule has 0 bridgehead atoms. The molecule has 1 unspecified atom stereocenters. The highest BCUT2D eigenvalue weighted by Gasteiger charge is 2.24. The molecule has 2 aromatic rings. The average Bonchev–Trinajstić information content (AvgIpc) is 2.99. The normalized spacial score (nSPS) is 19.0. The highest BCUT2D eigenvalue weighted by Crippen LogP contribution is 2.29. The number of nitrogens with zero attached hydrogens (tertiary/aromatic N) is 2. The maximum Gasteiger partial charge on any atom is 0.0649 e. The van der Waals surface area contributed by atoms with Gasteiger partial charge in [-0.2, -0.15) is 5.10 Å². The Morgan fingerprint density at radius 2 is 1.89 bits per heavy atom. The number of aryl methyl sites for hydroxylation is 2. The molecule has 0 aliphatic carbocycles. The number of nitrogens with one attached hydrogen (secondary N) is 1. The fraction of sp³-hybridized carbons (Fsp3) is 0.438. The molecule has 0 amide bonds. The smallest absolute Gasteiger partial charge is 0.0649 e. The summed E-state index contributed by atoms with van der Waals surface area (Å²) in [7, 11) is 0. The van der Waals surface area contributed by atoms with E-state index in [1.807, 2.05) is 0 Å². The van der Waals surface area contributed by atoms with Gasteiger partial charge in [0.25, 0.3) is 0 Å². The highest BCUT2D eigenvalue weighted by atomic mass is 15.3. The topological polar surface area (TPSA) is 29.9 Å². The highest BCUT2D eigenvalue weighted by molar-refractivity contribution is 5.40. The number of hydrogen-bond donors (Lipinski definition) is 1. The van der Waals surface area contributed by atoms with Gasteiger partial charge in [0.2, 0.25) is 0 Å². The van der Waals surface area contributed by atoms with Crippen LogP contribution in [-0.4, -0.2) is 22.9 Å². The van der Waals surface area contributed by atoms with E-state index in [2.05, 4.69) is 55.0 Å². The summed E-state index contributed by atoms with van der Waals surface area (Å²) in [5, 5.41) is 8.19. The molecule has 0 radical (unpaired) electrons. The van der Waals surface area contributed by atoms with Crippen molar-refractivity contribution in [1.29, 1.82) is 0 Å². The SMILES string of the molecule is Cc1ccc(-n2nc(C)c(C3CCNC3)c2C)cc1. The van der Waals surface area contributed by atoms with Gasteiger partial charge in [-0.25, -0.2) is 4.68 Å². The molecule has 19 heavy (non-hydrogen) atoms. The zero-order chi connectivity index (χ0) is 13.4. The molecule has 100 valence electrons. The van der Waals surface area contributed by atoms with E-state index in [-0.39, 0.29) is 0 Å². The molecule has 1 aliphatic rings. The lowest BCUT2D eigenvalue weighted by molar-refractivity contribution is 0.749. The van der Waals surface area contributed by atoms with Gasteiger partial charge in [-0.3, -0.25) is 0 Å². The standard InChI is InChI=1S/C16H21N3/c1-11-4-6-15(7-5-11)19-13(3)16(12(2)18-19)14-8-9-17-10-14/h4-7,14,17H,8-10H2,1-3H3. The summed E-state index contributed by atoms with van der Waals surface area (Å²) in [4.78, 5) is 0. The van der Waals surface area contributed by atoms with Gasteiger partial charge >= 0.3 is 0 Å². The molecule has 0 spiro atoms. The van der Waals surface area contributed by atoms with Crippen molar-refractivity contribution >= 4 is 0 Å². The fourth-order valence-corrected chi connectivity index (χ4v) is 3.08. The Balaban J connectivity index is 2.03. The van der Waals surface area contributed by atoms with Crippen LogP contribution in [0.4, 0.5) is 0 Å². The third-order valence-corrected chi connectivity index (χ3v) is 4.09. The zero-order valence-corrected chi connectivity index (χ0v) is 11.9. The number of rotatable bonds is 2. The molecule has 1 N–H and O–H groups in total. The first kappa shape index (κ1) is 12.4. The van der Waals surface area contributed by atoms with E-state index in [1.54, 1.807) is 0 Å². The molecule has 3 heteroatoms. The van der Waals surface area contributed by atoms with Crippen LogP contribution in [-0.2, 0) is 0 Å². The molecule has 3 rings (SSSR count). The van der Waals surface area contributed by atoms with Crippen molar-refractivity contribution in [3.8, 4) is 5.69 Å². The molecule has 1 aromatic carbocycles. The van der Waals surface area contributed by atoms with Crippen LogP contribution >= 0.6 is 0 Å². The average molecular weight is 255 g/mol. The molecular formula is C16H21N3. The first-order chi connectivity index (χ1) is 9.16. The summed E-state index contributed by atoms with van der Waals surface area (Å²) in [5.41, 5.74) is 6.33. The lowest BCUT2D eigenvalue weighted by Gasteiger charge is -2.10. The van der Waals surface area contributed by atoms with Gasteiger partial charge in [-0.1, -0.05) is 17.7 Å². The van der Waals surface area contributed by atoms with Gasteiger partial charge in [0, 0.05) is 23.7 Å². The molecule has 2 heterocycles. The molecule has 1 saturated heterocycles. The van der Waals surface area contributed by atoms with Crippen molar-refractivity contribution in [1.82, 2.24) is 15.1 Å². The van der Waals surface area contributed by atoms with E-state index < -0.39 is 0 Å². The minimum Gasteiger partial charge on any atom is -0.316 e. The van der Waals surface area contributed by atoms with Crippen LogP contribution in [0.5, 0.6) is 0 Å². The van der Waals surface area contributed by atoms with Crippen LogP contribution in [0.25, 0.3) is 5.69 Å². The number of aromatic nitrogens is 2. The van der Waals surface area contributed by atoms with Gasteiger partial charge in [0.1, 0.15) is 0 Å². The molecule has 1 aromatic heterocycles. The predicted octanol–water partition coefficient (Wildman–Crippen LogP) is 2.87. The number of hydrogen-bond acceptors (Lipinski definition) is 2. The van der Waals surface area contributed by atoms with Crippen molar-refractivity contribution in [2.45, 2.75) is 33.1 Å².